The fourth-order valence-corrected chi connectivity index (χ4v) is 1.14. The van der Waals surface area contributed by atoms with Gasteiger partial charge in [0.05, 0.1) is 11.3 Å². The van der Waals surface area contributed by atoms with Crippen molar-refractivity contribution in [3.8, 4) is 0 Å². The summed E-state index contributed by atoms with van der Waals surface area (Å²) in [4.78, 5) is 20.1. The number of nitrogens with zero attached hydrogens (tertiary/aromatic N) is 1. The minimum Gasteiger partial charge on any atom is -0.481 e. The van der Waals surface area contributed by atoms with Crippen molar-refractivity contribution in [2.24, 2.45) is 0 Å². The Bertz CT molecular complexity index is 454. The lowest BCUT2D eigenvalue weighted by atomic mass is 10.1. The maximum Gasteiger partial charge on any atom is 0.307 e. The lowest BCUT2D eigenvalue weighted by Gasteiger charge is -1.98. The predicted molar refractivity (Wildman–Crippen MR) is 58.8 cm³/mol. The molecule has 1 aromatic carbocycles. The zero-order valence-electron chi connectivity index (χ0n) is 8.29. The number of anilines is 1. The summed E-state index contributed by atoms with van der Waals surface area (Å²) < 4.78 is 0. The number of nitro groups is 1. The highest BCUT2D eigenvalue weighted by Gasteiger charge is 2.09. The first kappa shape index (κ1) is 11.7. The number of carboxylic acid groups (broad SMARTS) is 1. The molecule has 0 bridgehead atoms. The van der Waals surface area contributed by atoms with Crippen LogP contribution in [0.2, 0.25) is 0 Å². The van der Waals surface area contributed by atoms with Gasteiger partial charge in [-0.05, 0) is 17.7 Å². The number of nitrogen functional groups attached to an aromatic ring is 1. The van der Waals surface area contributed by atoms with Crippen molar-refractivity contribution in [3.63, 3.8) is 0 Å². The van der Waals surface area contributed by atoms with Crippen LogP contribution in [0.25, 0.3) is 6.08 Å². The molecule has 0 unspecified atom stereocenters. The summed E-state index contributed by atoms with van der Waals surface area (Å²) in [5.74, 6) is -0.939. The molecule has 0 aliphatic rings. The van der Waals surface area contributed by atoms with Crippen molar-refractivity contribution in [2.75, 3.05) is 5.73 Å². The van der Waals surface area contributed by atoms with Gasteiger partial charge in [-0.15, -0.1) is 0 Å². The van der Waals surface area contributed by atoms with E-state index in [0.717, 1.165) is 0 Å². The molecule has 0 atom stereocenters. The number of rotatable bonds is 4. The molecule has 6 nitrogen and oxygen atoms in total. The molecule has 3 N–H and O–H groups in total. The summed E-state index contributed by atoms with van der Waals surface area (Å²) in [6.45, 7) is 0. The van der Waals surface area contributed by atoms with E-state index >= 15 is 0 Å². The summed E-state index contributed by atoms with van der Waals surface area (Å²) in [5, 5.41) is 18.9. The zero-order chi connectivity index (χ0) is 12.1. The maximum atomic E-state index is 10.5. The Morgan fingerprint density at radius 1 is 1.56 bits per heavy atom. The topological polar surface area (TPSA) is 106 Å². The van der Waals surface area contributed by atoms with E-state index in [9.17, 15) is 14.9 Å². The van der Waals surface area contributed by atoms with Gasteiger partial charge in [-0.1, -0.05) is 12.2 Å². The monoisotopic (exact) mass is 222 g/mol. The van der Waals surface area contributed by atoms with Crippen molar-refractivity contribution in [2.45, 2.75) is 6.42 Å². The smallest absolute Gasteiger partial charge is 0.307 e. The number of nitro benzene ring substituents is 1. The van der Waals surface area contributed by atoms with Crippen molar-refractivity contribution in [1.82, 2.24) is 0 Å². The van der Waals surface area contributed by atoms with Gasteiger partial charge in [0.2, 0.25) is 0 Å². The number of aliphatic carboxylic acids is 1. The Labute approximate surface area is 91.2 Å². The molecular weight excluding hydrogens is 212 g/mol. The molecule has 0 radical (unpaired) electrons. The van der Waals surface area contributed by atoms with Crippen LogP contribution in [0.3, 0.4) is 0 Å². The van der Waals surface area contributed by atoms with Crippen LogP contribution >= 0.6 is 0 Å². The van der Waals surface area contributed by atoms with Crippen LogP contribution in [-0.2, 0) is 4.79 Å². The summed E-state index contributed by atoms with van der Waals surface area (Å²) in [6, 6.07) is 4.22. The highest BCUT2D eigenvalue weighted by molar-refractivity contribution is 5.71. The zero-order valence-corrected chi connectivity index (χ0v) is 8.29. The van der Waals surface area contributed by atoms with Gasteiger partial charge in [0.1, 0.15) is 5.69 Å². The van der Waals surface area contributed by atoms with E-state index in [1.54, 1.807) is 6.08 Å². The second kappa shape index (κ2) is 4.92. The summed E-state index contributed by atoms with van der Waals surface area (Å²) >= 11 is 0. The van der Waals surface area contributed by atoms with Gasteiger partial charge >= 0.3 is 5.97 Å². The number of carboxylic acids is 1. The van der Waals surface area contributed by atoms with Crippen molar-refractivity contribution in [3.05, 3.63) is 40.0 Å². The van der Waals surface area contributed by atoms with E-state index in [1.165, 1.54) is 24.3 Å². The Kier molecular flexibility index (Phi) is 3.60. The van der Waals surface area contributed by atoms with Crippen molar-refractivity contribution < 1.29 is 14.8 Å². The highest BCUT2D eigenvalue weighted by atomic mass is 16.6. The van der Waals surface area contributed by atoms with Crippen LogP contribution < -0.4 is 5.73 Å². The van der Waals surface area contributed by atoms with Crippen LogP contribution in [0, 0.1) is 10.1 Å². The minimum atomic E-state index is -0.939. The van der Waals surface area contributed by atoms with Gasteiger partial charge in [0.15, 0.2) is 0 Å². The van der Waals surface area contributed by atoms with Crippen LogP contribution in [0.1, 0.15) is 12.0 Å². The lowest BCUT2D eigenvalue weighted by molar-refractivity contribution is -0.383. The second-order valence-corrected chi connectivity index (χ2v) is 3.08. The highest BCUT2D eigenvalue weighted by Crippen LogP contribution is 2.22. The van der Waals surface area contributed by atoms with Crippen LogP contribution in [0.4, 0.5) is 11.4 Å². The molecule has 1 rings (SSSR count). The third-order valence-electron chi connectivity index (χ3n) is 1.85. The summed E-state index contributed by atoms with van der Waals surface area (Å²) in [6.07, 6.45) is 2.90. The molecule has 0 heterocycles. The predicted octanol–water partition coefficient (Wildman–Crippen LogP) is 1.66. The molecule has 1 aromatic rings. The number of benzene rings is 1. The quantitative estimate of drug-likeness (QED) is 0.457. The Morgan fingerprint density at radius 2 is 2.25 bits per heavy atom. The molecule has 16 heavy (non-hydrogen) atoms. The summed E-state index contributed by atoms with van der Waals surface area (Å²) in [7, 11) is 0. The Hall–Kier alpha value is -2.37. The molecule has 0 spiro atoms. The first-order valence-corrected chi connectivity index (χ1v) is 4.43. The van der Waals surface area contributed by atoms with Crippen LogP contribution in [0.5, 0.6) is 0 Å². The molecule has 0 aliphatic carbocycles. The number of carbonyl (C=O) groups is 1. The molecule has 0 aromatic heterocycles. The van der Waals surface area contributed by atoms with Gasteiger partial charge in [-0.2, -0.15) is 0 Å². The number of hydrogen-bond donors (Lipinski definition) is 2. The Morgan fingerprint density at radius 3 is 2.75 bits per heavy atom. The standard InChI is InChI=1S/C10H10N2O4/c11-8-6-7(2-1-3-10(13)14)4-5-9(8)12(15)16/h1-2,4-6H,3,11H2,(H,13,14). The lowest BCUT2D eigenvalue weighted by Crippen LogP contribution is -1.95. The average Bonchev–Trinajstić information content (AvgIpc) is 2.16. The average molecular weight is 222 g/mol. The summed E-state index contributed by atoms with van der Waals surface area (Å²) in [5.41, 5.74) is 5.99. The molecular formula is C10H10N2O4. The van der Waals surface area contributed by atoms with Gasteiger partial charge in [0.25, 0.3) is 5.69 Å². The normalized spacial score (nSPS) is 10.5. The van der Waals surface area contributed by atoms with Gasteiger partial charge in [-0.25, -0.2) is 0 Å². The number of nitrogens with two attached hydrogens (primary N) is 1. The van der Waals surface area contributed by atoms with Crippen LogP contribution in [-0.4, -0.2) is 16.0 Å². The van der Waals surface area contributed by atoms with E-state index in [2.05, 4.69) is 0 Å². The maximum absolute atomic E-state index is 10.5. The molecule has 0 saturated heterocycles. The molecule has 84 valence electrons. The molecule has 0 saturated carbocycles. The third kappa shape index (κ3) is 3.09. The first-order chi connectivity index (χ1) is 7.50. The van der Waals surface area contributed by atoms with E-state index in [0.29, 0.717) is 5.56 Å². The first-order valence-electron chi connectivity index (χ1n) is 4.43. The van der Waals surface area contributed by atoms with Crippen LogP contribution in [0.15, 0.2) is 24.3 Å². The molecule has 6 heteroatoms. The van der Waals surface area contributed by atoms with Crippen molar-refractivity contribution in [1.29, 1.82) is 0 Å². The molecule has 0 aliphatic heterocycles. The van der Waals surface area contributed by atoms with E-state index in [4.69, 9.17) is 10.8 Å². The fourth-order valence-electron chi connectivity index (χ4n) is 1.14. The van der Waals surface area contributed by atoms with E-state index in [1.807, 2.05) is 0 Å². The third-order valence-corrected chi connectivity index (χ3v) is 1.85. The number of hydrogen-bond acceptors (Lipinski definition) is 4. The van der Waals surface area contributed by atoms with Gasteiger partial charge in [-0.3, -0.25) is 14.9 Å². The van der Waals surface area contributed by atoms with Gasteiger partial charge < -0.3 is 10.8 Å². The fraction of sp³-hybridized carbons (Fsp3) is 0.100. The van der Waals surface area contributed by atoms with E-state index in [-0.39, 0.29) is 17.8 Å². The van der Waals surface area contributed by atoms with Gasteiger partial charge in [0, 0.05) is 6.07 Å². The molecule has 0 fully saturated rings. The van der Waals surface area contributed by atoms with Crippen molar-refractivity contribution >= 4 is 23.4 Å². The Balaban J connectivity index is 2.85. The largest absolute Gasteiger partial charge is 0.481 e. The second-order valence-electron chi connectivity index (χ2n) is 3.08. The minimum absolute atomic E-state index is 0.0578. The SMILES string of the molecule is Nc1cc(C=CCC(=O)O)ccc1[N+](=O)[O-]. The van der Waals surface area contributed by atoms with E-state index < -0.39 is 10.9 Å². The molecule has 0 amide bonds.